The Kier molecular flexibility index (Phi) is 3.85. The van der Waals surface area contributed by atoms with Gasteiger partial charge in [0.15, 0.2) is 5.82 Å². The highest BCUT2D eigenvalue weighted by Gasteiger charge is 2.19. The van der Waals surface area contributed by atoms with Crippen LogP contribution in [0.2, 0.25) is 0 Å². The quantitative estimate of drug-likeness (QED) is 0.842. The molecule has 1 atom stereocenters. The summed E-state index contributed by atoms with van der Waals surface area (Å²) in [6.45, 7) is 5.91. The first kappa shape index (κ1) is 11.5. The Morgan fingerprint density at radius 1 is 1.44 bits per heavy atom. The largest absolute Gasteiger partial charge is 0.370 e. The average molecular weight is 221 g/mol. The minimum atomic E-state index is 0.118. The van der Waals surface area contributed by atoms with Gasteiger partial charge in [-0.05, 0) is 12.8 Å². The van der Waals surface area contributed by atoms with E-state index in [4.69, 9.17) is 4.74 Å². The Hall–Kier alpha value is -1.00. The molecule has 0 radical (unpaired) electrons. The van der Waals surface area contributed by atoms with Crippen LogP contribution in [0.5, 0.6) is 0 Å². The highest BCUT2D eigenvalue weighted by molar-refractivity contribution is 5.06. The summed E-state index contributed by atoms with van der Waals surface area (Å²) in [5, 5.41) is 3.34. The summed E-state index contributed by atoms with van der Waals surface area (Å²) in [4.78, 5) is 8.73. The molecule has 0 amide bonds. The molecule has 0 spiro atoms. The van der Waals surface area contributed by atoms with Crippen molar-refractivity contribution in [1.82, 2.24) is 15.3 Å². The standard InChI is InChI=1S/C12H19N3O/c1-9(2)13-6-10-7-14-12(15-8-10)11-4-3-5-16-11/h7-9,11,13H,3-6H2,1-2H3. The third kappa shape index (κ3) is 3.00. The van der Waals surface area contributed by atoms with Gasteiger partial charge in [0, 0.05) is 37.2 Å². The molecule has 1 aliphatic rings. The highest BCUT2D eigenvalue weighted by Crippen LogP contribution is 2.25. The lowest BCUT2D eigenvalue weighted by molar-refractivity contribution is 0.105. The fraction of sp³-hybridized carbons (Fsp3) is 0.667. The monoisotopic (exact) mass is 221 g/mol. The van der Waals surface area contributed by atoms with E-state index in [-0.39, 0.29) is 6.10 Å². The van der Waals surface area contributed by atoms with E-state index in [2.05, 4.69) is 29.1 Å². The van der Waals surface area contributed by atoms with Crippen molar-refractivity contribution in [2.75, 3.05) is 6.61 Å². The van der Waals surface area contributed by atoms with Gasteiger partial charge in [-0.1, -0.05) is 13.8 Å². The molecule has 0 saturated carbocycles. The first-order valence-electron chi connectivity index (χ1n) is 5.91. The van der Waals surface area contributed by atoms with Crippen molar-refractivity contribution in [2.24, 2.45) is 0 Å². The number of nitrogens with one attached hydrogen (secondary N) is 1. The van der Waals surface area contributed by atoms with Gasteiger partial charge in [-0.2, -0.15) is 0 Å². The van der Waals surface area contributed by atoms with Gasteiger partial charge >= 0.3 is 0 Å². The summed E-state index contributed by atoms with van der Waals surface area (Å²) in [6, 6.07) is 0.484. The molecule has 1 fully saturated rings. The zero-order valence-corrected chi connectivity index (χ0v) is 9.94. The summed E-state index contributed by atoms with van der Waals surface area (Å²) in [5.74, 6) is 0.825. The Balaban J connectivity index is 1.93. The van der Waals surface area contributed by atoms with Gasteiger partial charge in [-0.25, -0.2) is 9.97 Å². The summed E-state index contributed by atoms with van der Waals surface area (Å²) in [5.41, 5.74) is 1.12. The topological polar surface area (TPSA) is 47.0 Å². The van der Waals surface area contributed by atoms with Gasteiger partial charge in [0.25, 0.3) is 0 Å². The molecule has 1 saturated heterocycles. The lowest BCUT2D eigenvalue weighted by atomic mass is 10.2. The second-order valence-electron chi connectivity index (χ2n) is 4.49. The van der Waals surface area contributed by atoms with Crippen LogP contribution in [0, 0.1) is 0 Å². The molecule has 1 aromatic heterocycles. The van der Waals surface area contributed by atoms with E-state index in [1.807, 2.05) is 12.4 Å². The van der Waals surface area contributed by atoms with E-state index in [0.29, 0.717) is 6.04 Å². The normalized spacial score (nSPS) is 20.6. The maximum Gasteiger partial charge on any atom is 0.157 e. The molecule has 2 rings (SSSR count). The number of nitrogens with zero attached hydrogens (tertiary/aromatic N) is 2. The van der Waals surface area contributed by atoms with E-state index < -0.39 is 0 Å². The maximum absolute atomic E-state index is 5.54. The molecule has 0 aromatic carbocycles. The third-order valence-electron chi connectivity index (χ3n) is 2.66. The maximum atomic E-state index is 5.54. The molecule has 0 bridgehead atoms. The van der Waals surface area contributed by atoms with Crippen LogP contribution in [0.1, 0.15) is 44.2 Å². The van der Waals surface area contributed by atoms with Crippen molar-refractivity contribution >= 4 is 0 Å². The number of hydrogen-bond acceptors (Lipinski definition) is 4. The molecular formula is C12H19N3O. The number of rotatable bonds is 4. The molecule has 88 valence electrons. The van der Waals surface area contributed by atoms with Crippen molar-refractivity contribution in [3.05, 3.63) is 23.8 Å². The smallest absolute Gasteiger partial charge is 0.157 e. The first-order valence-corrected chi connectivity index (χ1v) is 5.91. The van der Waals surface area contributed by atoms with Gasteiger partial charge in [0.05, 0.1) is 0 Å². The summed E-state index contributed by atoms with van der Waals surface area (Å²) in [6.07, 6.45) is 6.06. The lowest BCUT2D eigenvalue weighted by Crippen LogP contribution is -2.22. The van der Waals surface area contributed by atoms with Crippen LogP contribution in [0.3, 0.4) is 0 Å². The fourth-order valence-electron chi connectivity index (χ4n) is 1.73. The minimum absolute atomic E-state index is 0.118. The Labute approximate surface area is 96.4 Å². The van der Waals surface area contributed by atoms with Crippen LogP contribution in [-0.4, -0.2) is 22.6 Å². The Bertz CT molecular complexity index is 318. The molecule has 1 aromatic rings. The van der Waals surface area contributed by atoms with Crippen LogP contribution in [0.25, 0.3) is 0 Å². The zero-order valence-electron chi connectivity index (χ0n) is 9.94. The van der Waals surface area contributed by atoms with E-state index in [9.17, 15) is 0 Å². The van der Waals surface area contributed by atoms with Crippen LogP contribution in [0.4, 0.5) is 0 Å². The van der Waals surface area contributed by atoms with E-state index in [1.165, 1.54) is 0 Å². The minimum Gasteiger partial charge on any atom is -0.370 e. The summed E-state index contributed by atoms with van der Waals surface area (Å²) in [7, 11) is 0. The molecule has 16 heavy (non-hydrogen) atoms. The molecule has 4 nitrogen and oxygen atoms in total. The molecule has 2 heterocycles. The second-order valence-corrected chi connectivity index (χ2v) is 4.49. The molecule has 4 heteroatoms. The van der Waals surface area contributed by atoms with E-state index >= 15 is 0 Å². The van der Waals surface area contributed by atoms with Gasteiger partial charge in [0.2, 0.25) is 0 Å². The summed E-state index contributed by atoms with van der Waals surface area (Å²) < 4.78 is 5.54. The fourth-order valence-corrected chi connectivity index (χ4v) is 1.73. The van der Waals surface area contributed by atoms with Crippen LogP contribution in [0.15, 0.2) is 12.4 Å². The highest BCUT2D eigenvalue weighted by atomic mass is 16.5. The van der Waals surface area contributed by atoms with E-state index in [0.717, 1.165) is 37.4 Å². The number of aromatic nitrogens is 2. The lowest BCUT2D eigenvalue weighted by Gasteiger charge is -2.10. The molecule has 1 N–H and O–H groups in total. The van der Waals surface area contributed by atoms with E-state index in [1.54, 1.807) is 0 Å². The van der Waals surface area contributed by atoms with Gasteiger partial charge < -0.3 is 10.1 Å². The predicted octanol–water partition coefficient (Wildman–Crippen LogP) is 1.83. The third-order valence-corrected chi connectivity index (χ3v) is 2.66. The van der Waals surface area contributed by atoms with Crippen molar-refractivity contribution in [1.29, 1.82) is 0 Å². The van der Waals surface area contributed by atoms with Crippen LogP contribution >= 0.6 is 0 Å². The second kappa shape index (κ2) is 5.37. The van der Waals surface area contributed by atoms with Crippen LogP contribution < -0.4 is 5.32 Å². The van der Waals surface area contributed by atoms with Crippen molar-refractivity contribution in [3.63, 3.8) is 0 Å². The SMILES string of the molecule is CC(C)NCc1cnc(C2CCCO2)nc1. The van der Waals surface area contributed by atoms with Gasteiger partial charge in [0.1, 0.15) is 6.10 Å². The van der Waals surface area contributed by atoms with Crippen molar-refractivity contribution < 1.29 is 4.74 Å². The van der Waals surface area contributed by atoms with Crippen molar-refractivity contribution in [2.45, 2.75) is 45.4 Å². The number of hydrogen-bond donors (Lipinski definition) is 1. The first-order chi connectivity index (χ1) is 7.75. The van der Waals surface area contributed by atoms with Gasteiger partial charge in [-0.15, -0.1) is 0 Å². The van der Waals surface area contributed by atoms with Gasteiger partial charge in [-0.3, -0.25) is 0 Å². The molecule has 0 aliphatic carbocycles. The molecule has 1 unspecified atom stereocenters. The van der Waals surface area contributed by atoms with Crippen molar-refractivity contribution in [3.8, 4) is 0 Å². The number of ether oxygens (including phenoxy) is 1. The molecular weight excluding hydrogens is 202 g/mol. The predicted molar refractivity (Wildman–Crippen MR) is 61.9 cm³/mol. The Morgan fingerprint density at radius 3 is 2.75 bits per heavy atom. The Morgan fingerprint density at radius 2 is 2.19 bits per heavy atom. The molecule has 1 aliphatic heterocycles. The average Bonchev–Trinajstić information content (AvgIpc) is 2.80. The zero-order chi connectivity index (χ0) is 11.4. The van der Waals surface area contributed by atoms with Crippen LogP contribution in [-0.2, 0) is 11.3 Å². The summed E-state index contributed by atoms with van der Waals surface area (Å²) >= 11 is 0.